The zero-order chi connectivity index (χ0) is 14.5. The number of nitrogens with one attached hydrogen (secondary N) is 2. The number of carbonyl (C=O) groups is 2. The van der Waals surface area contributed by atoms with Crippen LogP contribution in [0, 0.1) is 6.92 Å². The van der Waals surface area contributed by atoms with E-state index in [1.165, 1.54) is 18.3 Å². The number of hydrogen-bond donors (Lipinski definition) is 4. The van der Waals surface area contributed by atoms with Crippen molar-refractivity contribution >= 4 is 23.3 Å². The molecular formula is C11H17N3O4S. The van der Waals surface area contributed by atoms with E-state index in [4.69, 9.17) is 5.11 Å². The van der Waals surface area contributed by atoms with Crippen molar-refractivity contribution < 1.29 is 19.8 Å². The summed E-state index contributed by atoms with van der Waals surface area (Å²) in [6.07, 6.45) is 1.29. The zero-order valence-electron chi connectivity index (χ0n) is 10.8. The Morgan fingerprint density at radius 3 is 2.68 bits per heavy atom. The van der Waals surface area contributed by atoms with Crippen LogP contribution in [0.1, 0.15) is 23.2 Å². The van der Waals surface area contributed by atoms with Gasteiger partial charge in [-0.2, -0.15) is 0 Å². The van der Waals surface area contributed by atoms with Crippen LogP contribution in [-0.4, -0.2) is 39.3 Å². The number of aliphatic carboxylic acids is 1. The number of carbonyl (C=O) groups excluding carboxylic acids is 1. The van der Waals surface area contributed by atoms with Crippen LogP contribution in [0.4, 0.5) is 4.79 Å². The summed E-state index contributed by atoms with van der Waals surface area (Å²) in [6, 6.07) is -0.474. The SMILES string of the molecule is Cc1cnc(CNC(=O)NCC(C)(O)CC(=O)O)s1. The molecule has 4 N–H and O–H groups in total. The Bertz CT molecular complexity index is 459. The van der Waals surface area contributed by atoms with Gasteiger partial charge in [0.1, 0.15) is 5.01 Å². The average molecular weight is 287 g/mol. The van der Waals surface area contributed by atoms with Gasteiger partial charge in [-0.25, -0.2) is 9.78 Å². The minimum atomic E-state index is -1.47. The van der Waals surface area contributed by atoms with E-state index in [0.29, 0.717) is 6.54 Å². The molecule has 1 unspecified atom stereocenters. The first kappa shape index (κ1) is 15.4. The molecule has 0 spiro atoms. The zero-order valence-corrected chi connectivity index (χ0v) is 11.6. The van der Waals surface area contributed by atoms with Gasteiger partial charge in [0.25, 0.3) is 0 Å². The monoisotopic (exact) mass is 287 g/mol. The first-order valence-electron chi connectivity index (χ1n) is 5.66. The average Bonchev–Trinajstić information content (AvgIpc) is 2.68. The highest BCUT2D eigenvalue weighted by molar-refractivity contribution is 7.11. The van der Waals surface area contributed by atoms with Crippen LogP contribution in [0.15, 0.2) is 6.20 Å². The van der Waals surface area contributed by atoms with Crippen molar-refractivity contribution in [2.45, 2.75) is 32.4 Å². The maximum Gasteiger partial charge on any atom is 0.315 e. The van der Waals surface area contributed by atoms with Crippen molar-refractivity contribution in [2.75, 3.05) is 6.54 Å². The molecule has 0 aliphatic heterocycles. The molecule has 1 aromatic rings. The van der Waals surface area contributed by atoms with Gasteiger partial charge in [-0.05, 0) is 13.8 Å². The molecule has 106 valence electrons. The number of rotatable bonds is 6. The van der Waals surface area contributed by atoms with E-state index in [9.17, 15) is 14.7 Å². The summed E-state index contributed by atoms with van der Waals surface area (Å²) in [7, 11) is 0. The van der Waals surface area contributed by atoms with Crippen molar-refractivity contribution in [2.24, 2.45) is 0 Å². The lowest BCUT2D eigenvalue weighted by Gasteiger charge is -2.21. The van der Waals surface area contributed by atoms with E-state index in [-0.39, 0.29) is 6.54 Å². The fourth-order valence-corrected chi connectivity index (χ4v) is 2.09. The smallest absolute Gasteiger partial charge is 0.315 e. The van der Waals surface area contributed by atoms with Gasteiger partial charge in [0.2, 0.25) is 0 Å². The fraction of sp³-hybridized carbons (Fsp3) is 0.545. The topological polar surface area (TPSA) is 112 Å². The molecule has 1 atom stereocenters. The van der Waals surface area contributed by atoms with Gasteiger partial charge in [0.05, 0.1) is 18.6 Å². The third kappa shape index (κ3) is 6.16. The molecule has 7 nitrogen and oxygen atoms in total. The molecule has 0 saturated carbocycles. The predicted molar refractivity (Wildman–Crippen MR) is 70.0 cm³/mol. The second kappa shape index (κ2) is 6.48. The van der Waals surface area contributed by atoms with Crippen molar-refractivity contribution in [3.05, 3.63) is 16.1 Å². The highest BCUT2D eigenvalue weighted by atomic mass is 32.1. The molecule has 0 bridgehead atoms. The van der Waals surface area contributed by atoms with Crippen LogP contribution in [0.5, 0.6) is 0 Å². The van der Waals surface area contributed by atoms with Gasteiger partial charge in [-0.15, -0.1) is 11.3 Å². The predicted octanol–water partition coefficient (Wildman–Crippen LogP) is 0.476. The fourth-order valence-electron chi connectivity index (χ4n) is 1.36. The quantitative estimate of drug-likeness (QED) is 0.608. The van der Waals surface area contributed by atoms with E-state index in [1.54, 1.807) is 6.20 Å². The number of nitrogens with zero attached hydrogens (tertiary/aromatic N) is 1. The van der Waals surface area contributed by atoms with Gasteiger partial charge < -0.3 is 20.8 Å². The molecular weight excluding hydrogens is 270 g/mol. The second-order valence-electron chi connectivity index (χ2n) is 4.47. The molecule has 1 rings (SSSR count). The molecule has 0 aromatic carbocycles. The largest absolute Gasteiger partial charge is 0.481 e. The van der Waals surface area contributed by atoms with Crippen LogP contribution < -0.4 is 10.6 Å². The molecule has 0 fully saturated rings. The lowest BCUT2D eigenvalue weighted by atomic mass is 10.0. The summed E-state index contributed by atoms with van der Waals surface area (Å²) in [4.78, 5) is 27.1. The Labute approximate surface area is 114 Å². The number of aliphatic hydroxyl groups is 1. The van der Waals surface area contributed by atoms with Gasteiger partial charge in [-0.3, -0.25) is 4.79 Å². The summed E-state index contributed by atoms with van der Waals surface area (Å²) >= 11 is 1.48. The molecule has 0 radical (unpaired) electrons. The van der Waals surface area contributed by atoms with Crippen molar-refractivity contribution in [3.8, 4) is 0 Å². The number of carboxylic acid groups (broad SMARTS) is 1. The minimum absolute atomic E-state index is 0.137. The summed E-state index contributed by atoms with van der Waals surface area (Å²) in [5.74, 6) is -1.12. The first-order chi connectivity index (χ1) is 8.78. The maximum atomic E-state index is 11.5. The van der Waals surface area contributed by atoms with Crippen molar-refractivity contribution in [3.63, 3.8) is 0 Å². The van der Waals surface area contributed by atoms with Gasteiger partial charge in [0, 0.05) is 17.6 Å². The molecule has 0 aliphatic carbocycles. The van der Waals surface area contributed by atoms with Crippen LogP contribution in [0.3, 0.4) is 0 Å². The Balaban J connectivity index is 2.30. The Morgan fingerprint density at radius 2 is 2.16 bits per heavy atom. The highest BCUT2D eigenvalue weighted by Gasteiger charge is 2.24. The maximum absolute atomic E-state index is 11.5. The van der Waals surface area contributed by atoms with E-state index < -0.39 is 24.0 Å². The number of thiazole rings is 1. The lowest BCUT2D eigenvalue weighted by molar-refractivity contribution is -0.141. The number of aromatic nitrogens is 1. The molecule has 0 aliphatic rings. The Hall–Kier alpha value is -1.67. The Morgan fingerprint density at radius 1 is 1.47 bits per heavy atom. The van der Waals surface area contributed by atoms with E-state index in [1.807, 2.05) is 6.92 Å². The van der Waals surface area contributed by atoms with Gasteiger partial charge in [0.15, 0.2) is 0 Å². The first-order valence-corrected chi connectivity index (χ1v) is 6.47. The Kier molecular flexibility index (Phi) is 5.25. The van der Waals surface area contributed by atoms with E-state index >= 15 is 0 Å². The number of hydrogen-bond acceptors (Lipinski definition) is 5. The second-order valence-corrected chi connectivity index (χ2v) is 5.79. The molecule has 2 amide bonds. The van der Waals surface area contributed by atoms with Crippen LogP contribution in [-0.2, 0) is 11.3 Å². The molecule has 0 saturated heterocycles. The summed E-state index contributed by atoms with van der Waals surface area (Å²) in [5.41, 5.74) is -1.47. The van der Waals surface area contributed by atoms with Crippen molar-refractivity contribution in [1.82, 2.24) is 15.6 Å². The highest BCUT2D eigenvalue weighted by Crippen LogP contribution is 2.10. The molecule has 19 heavy (non-hydrogen) atoms. The third-order valence-electron chi connectivity index (χ3n) is 2.23. The standard InChI is InChI=1S/C11H17N3O4S/c1-7-4-12-8(19-7)5-13-10(17)14-6-11(2,18)3-9(15)16/h4,18H,3,5-6H2,1-2H3,(H,15,16)(H2,13,14,17). The third-order valence-corrected chi connectivity index (χ3v) is 3.14. The van der Waals surface area contributed by atoms with Crippen LogP contribution in [0.25, 0.3) is 0 Å². The van der Waals surface area contributed by atoms with Crippen LogP contribution >= 0.6 is 11.3 Å². The summed E-state index contributed by atoms with van der Waals surface area (Å²) in [6.45, 7) is 3.43. The van der Waals surface area contributed by atoms with Gasteiger partial charge in [-0.1, -0.05) is 0 Å². The van der Waals surface area contributed by atoms with E-state index in [2.05, 4.69) is 15.6 Å². The molecule has 1 aromatic heterocycles. The minimum Gasteiger partial charge on any atom is -0.481 e. The number of carboxylic acids is 1. The summed E-state index contributed by atoms with van der Waals surface area (Å²) < 4.78 is 0. The van der Waals surface area contributed by atoms with E-state index in [0.717, 1.165) is 9.88 Å². The number of aryl methyl sites for hydroxylation is 1. The van der Waals surface area contributed by atoms with Crippen LogP contribution in [0.2, 0.25) is 0 Å². The molecule has 1 heterocycles. The lowest BCUT2D eigenvalue weighted by Crippen LogP contribution is -2.45. The summed E-state index contributed by atoms with van der Waals surface area (Å²) in [5, 5.41) is 24.0. The van der Waals surface area contributed by atoms with Crippen molar-refractivity contribution in [1.29, 1.82) is 0 Å². The normalized spacial score (nSPS) is 13.6. The number of amides is 2. The number of urea groups is 1. The van der Waals surface area contributed by atoms with Gasteiger partial charge >= 0.3 is 12.0 Å². The molecule has 8 heteroatoms.